The highest BCUT2D eigenvalue weighted by Crippen LogP contribution is 2.16. The molecule has 1 aliphatic heterocycles. The van der Waals surface area contributed by atoms with Crippen molar-refractivity contribution in [2.24, 2.45) is 0 Å². The molecule has 0 radical (unpaired) electrons. The van der Waals surface area contributed by atoms with Crippen molar-refractivity contribution in [3.05, 3.63) is 60.2 Å². The van der Waals surface area contributed by atoms with E-state index in [9.17, 15) is 13.2 Å². The average molecular weight is 388 g/mol. The van der Waals surface area contributed by atoms with Crippen LogP contribution in [0.1, 0.15) is 18.4 Å². The van der Waals surface area contributed by atoms with E-state index in [2.05, 4.69) is 27.7 Å². The van der Waals surface area contributed by atoms with Gasteiger partial charge >= 0.3 is 6.03 Å². The van der Waals surface area contributed by atoms with Crippen LogP contribution in [0, 0.1) is 0 Å². The third-order valence-electron chi connectivity index (χ3n) is 4.69. The summed E-state index contributed by atoms with van der Waals surface area (Å²) in [5.74, 6) is 0. The molecule has 0 aliphatic carbocycles. The Labute approximate surface area is 160 Å². The van der Waals surface area contributed by atoms with Crippen LogP contribution >= 0.6 is 0 Å². The van der Waals surface area contributed by atoms with Crippen molar-refractivity contribution in [3.63, 3.8) is 0 Å². The second-order valence-corrected chi connectivity index (χ2v) is 8.95. The monoisotopic (exact) mass is 387 g/mol. The highest BCUT2D eigenvalue weighted by atomic mass is 32.2. The van der Waals surface area contributed by atoms with Crippen LogP contribution in [0.5, 0.6) is 0 Å². The Kier molecular flexibility index (Phi) is 6.13. The first kappa shape index (κ1) is 19.4. The van der Waals surface area contributed by atoms with Gasteiger partial charge in [0, 0.05) is 37.6 Å². The Morgan fingerprint density at radius 2 is 1.78 bits per heavy atom. The SMILES string of the molecule is CS(=O)(=O)c1cccc(NC(=O)NC2CCN(Cc3ccccc3)CC2)c1. The first-order valence-electron chi connectivity index (χ1n) is 9.04. The van der Waals surface area contributed by atoms with Crippen LogP contribution in [0.25, 0.3) is 0 Å². The summed E-state index contributed by atoms with van der Waals surface area (Å²) in [6.07, 6.45) is 2.93. The van der Waals surface area contributed by atoms with Crippen LogP contribution < -0.4 is 10.6 Å². The van der Waals surface area contributed by atoms with Crippen molar-refractivity contribution in [3.8, 4) is 0 Å². The summed E-state index contributed by atoms with van der Waals surface area (Å²) in [5.41, 5.74) is 1.77. The summed E-state index contributed by atoms with van der Waals surface area (Å²) >= 11 is 0. The number of hydrogen-bond donors (Lipinski definition) is 2. The van der Waals surface area contributed by atoms with Crippen molar-refractivity contribution in [1.82, 2.24) is 10.2 Å². The maximum atomic E-state index is 12.2. The lowest BCUT2D eigenvalue weighted by Gasteiger charge is -2.32. The van der Waals surface area contributed by atoms with Gasteiger partial charge in [0.15, 0.2) is 9.84 Å². The molecule has 144 valence electrons. The summed E-state index contributed by atoms with van der Waals surface area (Å²) in [4.78, 5) is 14.8. The molecule has 1 aliphatic rings. The third kappa shape index (κ3) is 5.80. The quantitative estimate of drug-likeness (QED) is 0.827. The third-order valence-corrected chi connectivity index (χ3v) is 5.80. The Morgan fingerprint density at radius 3 is 2.44 bits per heavy atom. The van der Waals surface area contributed by atoms with Gasteiger partial charge in [-0.25, -0.2) is 13.2 Å². The Morgan fingerprint density at radius 1 is 1.07 bits per heavy atom. The van der Waals surface area contributed by atoms with E-state index in [1.165, 1.54) is 17.7 Å². The highest BCUT2D eigenvalue weighted by molar-refractivity contribution is 7.90. The molecule has 1 saturated heterocycles. The number of benzene rings is 2. The van der Waals surface area contributed by atoms with Gasteiger partial charge in [0.05, 0.1) is 4.90 Å². The van der Waals surface area contributed by atoms with Crippen molar-refractivity contribution < 1.29 is 13.2 Å². The van der Waals surface area contributed by atoms with Gasteiger partial charge in [-0.2, -0.15) is 0 Å². The lowest BCUT2D eigenvalue weighted by atomic mass is 10.0. The van der Waals surface area contributed by atoms with Gasteiger partial charge < -0.3 is 10.6 Å². The fourth-order valence-electron chi connectivity index (χ4n) is 3.23. The molecule has 2 N–H and O–H groups in total. The van der Waals surface area contributed by atoms with Crippen molar-refractivity contribution in [1.29, 1.82) is 0 Å². The largest absolute Gasteiger partial charge is 0.335 e. The number of carbonyl (C=O) groups excluding carboxylic acids is 1. The van der Waals surface area contributed by atoms with Gasteiger partial charge in [-0.05, 0) is 36.6 Å². The van der Waals surface area contributed by atoms with Gasteiger partial charge in [0.25, 0.3) is 0 Å². The predicted molar refractivity (Wildman–Crippen MR) is 106 cm³/mol. The van der Waals surface area contributed by atoms with Crippen LogP contribution in [0.4, 0.5) is 10.5 Å². The van der Waals surface area contributed by atoms with E-state index in [-0.39, 0.29) is 17.0 Å². The minimum absolute atomic E-state index is 0.120. The molecule has 0 aromatic heterocycles. The normalized spacial score (nSPS) is 16.0. The van der Waals surface area contributed by atoms with E-state index < -0.39 is 9.84 Å². The number of nitrogens with one attached hydrogen (secondary N) is 2. The molecule has 7 heteroatoms. The van der Waals surface area contributed by atoms with Crippen LogP contribution in [-0.4, -0.2) is 44.7 Å². The van der Waals surface area contributed by atoms with Crippen LogP contribution in [0.15, 0.2) is 59.5 Å². The lowest BCUT2D eigenvalue weighted by Crippen LogP contribution is -2.45. The number of hydrogen-bond acceptors (Lipinski definition) is 4. The molecule has 0 spiro atoms. The molecule has 2 aromatic rings. The zero-order chi connectivity index (χ0) is 19.3. The maximum Gasteiger partial charge on any atom is 0.319 e. The number of sulfone groups is 1. The fraction of sp³-hybridized carbons (Fsp3) is 0.350. The van der Waals surface area contributed by atoms with E-state index in [0.29, 0.717) is 5.69 Å². The molecule has 2 amide bonds. The fourth-order valence-corrected chi connectivity index (χ4v) is 3.90. The summed E-state index contributed by atoms with van der Waals surface area (Å²) < 4.78 is 23.2. The van der Waals surface area contributed by atoms with Gasteiger partial charge in [-0.3, -0.25) is 4.90 Å². The molecular weight excluding hydrogens is 362 g/mol. The zero-order valence-electron chi connectivity index (χ0n) is 15.4. The second kappa shape index (κ2) is 8.54. The molecule has 27 heavy (non-hydrogen) atoms. The van der Waals surface area contributed by atoms with E-state index >= 15 is 0 Å². The number of likely N-dealkylation sites (tertiary alicyclic amines) is 1. The van der Waals surface area contributed by atoms with E-state index in [0.717, 1.165) is 38.7 Å². The van der Waals surface area contributed by atoms with Gasteiger partial charge in [0.1, 0.15) is 0 Å². The number of urea groups is 1. The van der Waals surface area contributed by atoms with Crippen LogP contribution in [0.3, 0.4) is 0 Å². The standard InChI is InChI=1S/C20H25N3O3S/c1-27(25,26)19-9-5-8-18(14-19)22-20(24)21-17-10-12-23(13-11-17)15-16-6-3-2-4-7-16/h2-9,14,17H,10-13,15H2,1H3,(H2,21,22,24). The van der Waals surface area contributed by atoms with Gasteiger partial charge in [0.2, 0.25) is 0 Å². The zero-order valence-corrected chi connectivity index (χ0v) is 16.2. The molecule has 0 bridgehead atoms. The summed E-state index contributed by atoms with van der Waals surface area (Å²) in [5, 5.41) is 5.71. The Hall–Kier alpha value is -2.38. The smallest absolute Gasteiger partial charge is 0.319 e. The summed E-state index contributed by atoms with van der Waals surface area (Å²) in [6, 6.07) is 16.5. The number of rotatable bonds is 5. The first-order chi connectivity index (χ1) is 12.9. The Bertz CT molecular complexity index is 876. The van der Waals surface area contributed by atoms with Gasteiger partial charge in [-0.15, -0.1) is 0 Å². The molecular formula is C20H25N3O3S. The second-order valence-electron chi connectivity index (χ2n) is 6.93. The minimum atomic E-state index is -3.30. The number of carbonyl (C=O) groups is 1. The topological polar surface area (TPSA) is 78.5 Å². The number of anilines is 1. The first-order valence-corrected chi connectivity index (χ1v) is 10.9. The molecule has 6 nitrogen and oxygen atoms in total. The van der Waals surface area contributed by atoms with Crippen molar-refractivity contribution in [2.45, 2.75) is 30.3 Å². The van der Waals surface area contributed by atoms with E-state index in [4.69, 9.17) is 0 Å². The minimum Gasteiger partial charge on any atom is -0.335 e. The summed E-state index contributed by atoms with van der Waals surface area (Å²) in [6.45, 7) is 2.80. The van der Waals surface area contributed by atoms with Gasteiger partial charge in [-0.1, -0.05) is 36.4 Å². The number of amides is 2. The average Bonchev–Trinajstić information content (AvgIpc) is 2.64. The molecule has 3 rings (SSSR count). The molecule has 1 fully saturated rings. The van der Waals surface area contributed by atoms with E-state index in [1.54, 1.807) is 12.1 Å². The Balaban J connectivity index is 1.47. The molecule has 1 heterocycles. The molecule has 2 aromatic carbocycles. The molecule has 0 saturated carbocycles. The van der Waals surface area contributed by atoms with Crippen LogP contribution in [-0.2, 0) is 16.4 Å². The van der Waals surface area contributed by atoms with Crippen LogP contribution in [0.2, 0.25) is 0 Å². The van der Waals surface area contributed by atoms with E-state index in [1.807, 2.05) is 18.2 Å². The molecule has 0 unspecified atom stereocenters. The lowest BCUT2D eigenvalue weighted by molar-refractivity contribution is 0.190. The number of piperidine rings is 1. The maximum absolute atomic E-state index is 12.2. The number of nitrogens with zero attached hydrogens (tertiary/aromatic N) is 1. The highest BCUT2D eigenvalue weighted by Gasteiger charge is 2.20. The summed E-state index contributed by atoms with van der Waals surface area (Å²) in [7, 11) is -3.30. The van der Waals surface area contributed by atoms with Crippen molar-refractivity contribution in [2.75, 3.05) is 24.7 Å². The predicted octanol–water partition coefficient (Wildman–Crippen LogP) is 2.88. The molecule has 0 atom stereocenters. The van der Waals surface area contributed by atoms with Crippen molar-refractivity contribution >= 4 is 21.6 Å².